The molecule has 1 aliphatic rings. The quantitative estimate of drug-likeness (QED) is 0.756. The van der Waals surface area contributed by atoms with Crippen molar-refractivity contribution in [1.82, 2.24) is 0 Å². The maximum Gasteiger partial charge on any atom is 0.196 e. The van der Waals surface area contributed by atoms with Crippen LogP contribution < -0.4 is 0 Å². The van der Waals surface area contributed by atoms with Gasteiger partial charge in [0.1, 0.15) is 12.0 Å². The molecule has 3 rings (SSSR count). The Morgan fingerprint density at radius 1 is 1.17 bits per heavy atom. The van der Waals surface area contributed by atoms with Crippen molar-refractivity contribution in [3.63, 3.8) is 0 Å². The Kier molecular flexibility index (Phi) is 2.78. The molecule has 0 atom stereocenters. The Labute approximate surface area is 107 Å². The van der Waals surface area contributed by atoms with Gasteiger partial charge in [-0.1, -0.05) is 30.7 Å². The SMILES string of the molecule is Cc1cc(C(=O)c2ccc(C3CCC3)cc2)co1. The fourth-order valence-electron chi connectivity index (χ4n) is 2.38. The van der Waals surface area contributed by atoms with Crippen molar-refractivity contribution < 1.29 is 9.21 Å². The zero-order valence-electron chi connectivity index (χ0n) is 10.5. The molecule has 18 heavy (non-hydrogen) atoms. The van der Waals surface area contributed by atoms with E-state index in [0.29, 0.717) is 11.5 Å². The third-order valence-corrected chi connectivity index (χ3v) is 3.74. The molecule has 1 aromatic carbocycles. The molecule has 2 heteroatoms. The predicted molar refractivity (Wildman–Crippen MR) is 69.9 cm³/mol. The van der Waals surface area contributed by atoms with E-state index in [1.54, 1.807) is 6.07 Å². The number of rotatable bonds is 3. The predicted octanol–water partition coefficient (Wildman–Crippen LogP) is 4.09. The van der Waals surface area contributed by atoms with Crippen LogP contribution in [0, 0.1) is 6.92 Å². The minimum Gasteiger partial charge on any atom is -0.469 e. The minimum atomic E-state index is 0.0343. The normalized spacial score (nSPS) is 15.4. The van der Waals surface area contributed by atoms with Gasteiger partial charge in [-0.3, -0.25) is 4.79 Å². The monoisotopic (exact) mass is 240 g/mol. The van der Waals surface area contributed by atoms with Gasteiger partial charge >= 0.3 is 0 Å². The molecule has 92 valence electrons. The molecule has 0 saturated heterocycles. The van der Waals surface area contributed by atoms with Crippen LogP contribution in [0.4, 0.5) is 0 Å². The summed E-state index contributed by atoms with van der Waals surface area (Å²) in [6.45, 7) is 1.84. The fraction of sp³-hybridized carbons (Fsp3) is 0.312. The van der Waals surface area contributed by atoms with Gasteiger partial charge in [0.25, 0.3) is 0 Å². The number of hydrogen-bond donors (Lipinski definition) is 0. The summed E-state index contributed by atoms with van der Waals surface area (Å²) >= 11 is 0. The van der Waals surface area contributed by atoms with Crippen molar-refractivity contribution in [2.75, 3.05) is 0 Å². The van der Waals surface area contributed by atoms with Gasteiger partial charge in [-0.2, -0.15) is 0 Å². The molecule has 0 amide bonds. The van der Waals surface area contributed by atoms with E-state index in [9.17, 15) is 4.79 Å². The molecule has 1 aromatic heterocycles. The van der Waals surface area contributed by atoms with Crippen molar-refractivity contribution >= 4 is 5.78 Å². The van der Waals surface area contributed by atoms with Gasteiger partial charge in [0, 0.05) is 5.56 Å². The highest BCUT2D eigenvalue weighted by molar-refractivity contribution is 6.08. The third-order valence-electron chi connectivity index (χ3n) is 3.74. The summed E-state index contributed by atoms with van der Waals surface area (Å²) in [5.41, 5.74) is 2.73. The topological polar surface area (TPSA) is 30.2 Å². The lowest BCUT2D eigenvalue weighted by Gasteiger charge is -2.25. The first-order valence-corrected chi connectivity index (χ1v) is 6.44. The number of carbonyl (C=O) groups excluding carboxylic acids is 1. The molecule has 0 spiro atoms. The second-order valence-corrected chi connectivity index (χ2v) is 5.02. The van der Waals surface area contributed by atoms with E-state index in [1.807, 2.05) is 19.1 Å². The van der Waals surface area contributed by atoms with E-state index < -0.39 is 0 Å². The molecule has 2 nitrogen and oxygen atoms in total. The molecule has 1 heterocycles. The standard InChI is InChI=1S/C16H16O2/c1-11-9-15(10-18-11)16(17)14-7-5-13(6-8-14)12-3-2-4-12/h5-10,12H,2-4H2,1H3. The maximum absolute atomic E-state index is 12.2. The molecular weight excluding hydrogens is 224 g/mol. The first-order valence-electron chi connectivity index (χ1n) is 6.44. The molecule has 0 aliphatic heterocycles. The van der Waals surface area contributed by atoms with Crippen molar-refractivity contribution in [3.8, 4) is 0 Å². The number of furan rings is 1. The van der Waals surface area contributed by atoms with Crippen LogP contribution in [-0.4, -0.2) is 5.78 Å². The Balaban J connectivity index is 1.81. The first kappa shape index (κ1) is 11.3. The summed E-state index contributed by atoms with van der Waals surface area (Å²) in [6, 6.07) is 9.81. The van der Waals surface area contributed by atoms with E-state index in [-0.39, 0.29) is 5.78 Å². The van der Waals surface area contributed by atoms with Gasteiger partial charge < -0.3 is 4.42 Å². The van der Waals surface area contributed by atoms with Crippen molar-refractivity contribution in [3.05, 3.63) is 59.0 Å². The van der Waals surface area contributed by atoms with Crippen LogP contribution in [0.3, 0.4) is 0 Å². The Hall–Kier alpha value is -1.83. The highest BCUT2D eigenvalue weighted by atomic mass is 16.3. The number of benzene rings is 1. The molecule has 0 unspecified atom stereocenters. The number of carbonyl (C=O) groups is 1. The summed E-state index contributed by atoms with van der Waals surface area (Å²) in [4.78, 5) is 12.2. The van der Waals surface area contributed by atoms with E-state index in [1.165, 1.54) is 31.1 Å². The largest absolute Gasteiger partial charge is 0.469 e. The third kappa shape index (κ3) is 1.99. The Bertz CT molecular complexity index is 559. The lowest BCUT2D eigenvalue weighted by atomic mass is 9.80. The highest BCUT2D eigenvalue weighted by Gasteiger charge is 2.19. The van der Waals surface area contributed by atoms with Crippen LogP contribution in [0.1, 0.15) is 52.4 Å². The Morgan fingerprint density at radius 3 is 2.39 bits per heavy atom. The van der Waals surface area contributed by atoms with Gasteiger partial charge in [0.2, 0.25) is 0 Å². The molecule has 2 aromatic rings. The van der Waals surface area contributed by atoms with Crippen LogP contribution in [0.15, 0.2) is 41.0 Å². The molecule has 1 saturated carbocycles. The van der Waals surface area contributed by atoms with Crippen LogP contribution in [0.5, 0.6) is 0 Å². The number of hydrogen-bond acceptors (Lipinski definition) is 2. The first-order chi connectivity index (χ1) is 8.74. The summed E-state index contributed by atoms with van der Waals surface area (Å²) in [7, 11) is 0. The number of aryl methyl sites for hydroxylation is 1. The van der Waals surface area contributed by atoms with Crippen molar-refractivity contribution in [2.45, 2.75) is 32.1 Å². The van der Waals surface area contributed by atoms with Gasteiger partial charge in [0.05, 0.1) is 5.56 Å². The lowest BCUT2D eigenvalue weighted by Crippen LogP contribution is -2.09. The van der Waals surface area contributed by atoms with Crippen LogP contribution >= 0.6 is 0 Å². The average molecular weight is 240 g/mol. The lowest BCUT2D eigenvalue weighted by molar-refractivity contribution is 0.103. The maximum atomic E-state index is 12.2. The van der Waals surface area contributed by atoms with Crippen molar-refractivity contribution in [2.24, 2.45) is 0 Å². The average Bonchev–Trinajstić information content (AvgIpc) is 2.74. The zero-order valence-corrected chi connectivity index (χ0v) is 10.5. The molecule has 1 fully saturated rings. The highest BCUT2D eigenvalue weighted by Crippen LogP contribution is 2.36. The van der Waals surface area contributed by atoms with Crippen molar-refractivity contribution in [1.29, 1.82) is 0 Å². The van der Waals surface area contributed by atoms with E-state index in [2.05, 4.69) is 12.1 Å². The second kappa shape index (κ2) is 4.45. The smallest absolute Gasteiger partial charge is 0.196 e. The van der Waals surface area contributed by atoms with E-state index in [4.69, 9.17) is 4.42 Å². The summed E-state index contributed by atoms with van der Waals surface area (Å²) in [5, 5.41) is 0. The van der Waals surface area contributed by atoms with Crippen LogP contribution in [0.25, 0.3) is 0 Å². The Morgan fingerprint density at radius 2 is 1.89 bits per heavy atom. The van der Waals surface area contributed by atoms with Crippen LogP contribution in [0.2, 0.25) is 0 Å². The fourth-order valence-corrected chi connectivity index (χ4v) is 2.38. The van der Waals surface area contributed by atoms with Gasteiger partial charge in [-0.15, -0.1) is 0 Å². The summed E-state index contributed by atoms with van der Waals surface area (Å²) in [6.07, 6.45) is 5.43. The van der Waals surface area contributed by atoms with Gasteiger partial charge in [-0.25, -0.2) is 0 Å². The second-order valence-electron chi connectivity index (χ2n) is 5.02. The summed E-state index contributed by atoms with van der Waals surface area (Å²) < 4.78 is 5.17. The molecular formula is C16H16O2. The zero-order chi connectivity index (χ0) is 12.5. The van der Waals surface area contributed by atoms with Crippen LogP contribution in [-0.2, 0) is 0 Å². The molecule has 1 aliphatic carbocycles. The molecule has 0 bridgehead atoms. The molecule has 0 N–H and O–H groups in total. The minimum absolute atomic E-state index is 0.0343. The van der Waals surface area contributed by atoms with E-state index in [0.717, 1.165) is 11.3 Å². The van der Waals surface area contributed by atoms with Gasteiger partial charge in [0.15, 0.2) is 5.78 Å². The summed E-state index contributed by atoms with van der Waals surface area (Å²) in [5.74, 6) is 1.52. The van der Waals surface area contributed by atoms with Gasteiger partial charge in [-0.05, 0) is 37.3 Å². The number of ketones is 1. The molecule has 0 radical (unpaired) electrons. The van der Waals surface area contributed by atoms with E-state index >= 15 is 0 Å².